The minimum absolute atomic E-state index is 0.782. The first-order chi connectivity index (χ1) is 31.7. The van der Waals surface area contributed by atoms with Crippen LogP contribution in [-0.4, -0.2) is 4.98 Å². The van der Waals surface area contributed by atoms with Crippen LogP contribution >= 0.6 is 0 Å². The molecular weight excluding hydrogens is 783 g/mol. The smallest absolute Gasteiger partial charge is 0.182 e. The van der Waals surface area contributed by atoms with Gasteiger partial charge in [0.1, 0.15) is 16.7 Å². The summed E-state index contributed by atoms with van der Waals surface area (Å²) < 4.78 is 12.7. The van der Waals surface area contributed by atoms with Gasteiger partial charge in [0.25, 0.3) is 0 Å². The van der Waals surface area contributed by atoms with E-state index in [1.807, 2.05) is 6.07 Å². The van der Waals surface area contributed by atoms with Crippen LogP contribution in [0.2, 0.25) is 0 Å². The normalized spacial score (nSPS) is 11.8. The Bertz CT molecular complexity index is 3940. The van der Waals surface area contributed by atoms with Crippen molar-refractivity contribution in [2.45, 2.75) is 0 Å². The fourth-order valence-electron chi connectivity index (χ4n) is 9.67. The molecule has 0 unspecified atom stereocenters. The van der Waals surface area contributed by atoms with Crippen LogP contribution in [-0.2, 0) is 0 Å². The number of aromatic nitrogens is 1. The molecule has 0 fully saturated rings. The molecule has 0 radical (unpaired) electrons. The number of rotatable bonds is 7. The zero-order valence-electron chi connectivity index (χ0n) is 34.5. The number of anilines is 6. The lowest BCUT2D eigenvalue weighted by atomic mass is 9.99. The Labute approximate surface area is 368 Å². The van der Waals surface area contributed by atoms with Gasteiger partial charge < -0.3 is 18.6 Å². The molecule has 5 nitrogen and oxygen atoms in total. The number of furan rings is 1. The van der Waals surface area contributed by atoms with Gasteiger partial charge in [-0.15, -0.1) is 0 Å². The van der Waals surface area contributed by atoms with Gasteiger partial charge >= 0.3 is 0 Å². The molecule has 0 amide bonds. The Morgan fingerprint density at radius 3 is 1.73 bits per heavy atom. The van der Waals surface area contributed by atoms with Crippen molar-refractivity contribution in [2.75, 3.05) is 9.80 Å². The van der Waals surface area contributed by atoms with Gasteiger partial charge in [-0.2, -0.15) is 0 Å². The first-order valence-electron chi connectivity index (χ1n) is 21.6. The highest BCUT2D eigenvalue weighted by molar-refractivity contribution is 6.23. The summed E-state index contributed by atoms with van der Waals surface area (Å²) in [6.45, 7) is 0. The van der Waals surface area contributed by atoms with Gasteiger partial charge in [-0.1, -0.05) is 133 Å². The fraction of sp³-hybridized carbons (Fsp3) is 0. The van der Waals surface area contributed by atoms with Crippen molar-refractivity contribution >= 4 is 110 Å². The predicted molar refractivity (Wildman–Crippen MR) is 266 cm³/mol. The zero-order chi connectivity index (χ0) is 42.1. The number of hydrogen-bond donors (Lipinski definition) is 0. The van der Waals surface area contributed by atoms with Gasteiger partial charge in [0.15, 0.2) is 12.0 Å². The molecule has 0 bridgehead atoms. The van der Waals surface area contributed by atoms with Crippen LogP contribution in [0.15, 0.2) is 234 Å². The van der Waals surface area contributed by atoms with Crippen LogP contribution in [0.25, 0.3) is 87.3 Å². The van der Waals surface area contributed by atoms with Gasteiger partial charge in [-0.3, -0.25) is 0 Å². The van der Waals surface area contributed by atoms with Crippen LogP contribution in [0.3, 0.4) is 0 Å². The Morgan fingerprint density at radius 2 is 0.938 bits per heavy atom. The van der Waals surface area contributed by atoms with E-state index in [1.54, 1.807) is 0 Å². The first kappa shape index (κ1) is 36.0. The molecule has 0 saturated carbocycles. The molecule has 0 aliphatic rings. The summed E-state index contributed by atoms with van der Waals surface area (Å²) in [6.07, 6.45) is 1.52. The second kappa shape index (κ2) is 14.5. The molecule has 2 heterocycles. The lowest BCUT2D eigenvalue weighted by molar-refractivity contribution is 0.602. The summed E-state index contributed by atoms with van der Waals surface area (Å²) >= 11 is 0. The maximum Gasteiger partial charge on any atom is 0.182 e. The molecule has 300 valence electrons. The topological polar surface area (TPSA) is 45.7 Å². The summed E-state index contributed by atoms with van der Waals surface area (Å²) in [5, 5.41) is 11.4. The van der Waals surface area contributed by atoms with Crippen LogP contribution in [0.5, 0.6) is 0 Å². The average Bonchev–Trinajstić information content (AvgIpc) is 4.00. The molecule has 0 aliphatic carbocycles. The van der Waals surface area contributed by atoms with Crippen LogP contribution in [0, 0.1) is 0 Å². The molecular formula is C59H37N3O2. The molecule has 13 rings (SSSR count). The molecule has 0 saturated heterocycles. The van der Waals surface area contributed by atoms with Crippen molar-refractivity contribution in [1.29, 1.82) is 0 Å². The molecule has 0 spiro atoms. The lowest BCUT2D eigenvalue weighted by Gasteiger charge is -2.27. The van der Waals surface area contributed by atoms with Crippen molar-refractivity contribution in [3.05, 3.63) is 225 Å². The maximum atomic E-state index is 7.02. The average molecular weight is 820 g/mol. The third-order valence-corrected chi connectivity index (χ3v) is 12.7. The highest BCUT2D eigenvalue weighted by atomic mass is 16.3. The van der Waals surface area contributed by atoms with E-state index in [-0.39, 0.29) is 0 Å². The highest BCUT2D eigenvalue weighted by Crippen LogP contribution is 2.47. The van der Waals surface area contributed by atoms with Crippen LogP contribution < -0.4 is 9.80 Å². The van der Waals surface area contributed by atoms with E-state index < -0.39 is 0 Å². The molecule has 11 aromatic carbocycles. The summed E-state index contributed by atoms with van der Waals surface area (Å²) in [5.41, 5.74) is 11.8. The quantitative estimate of drug-likeness (QED) is 0.160. The van der Waals surface area contributed by atoms with E-state index in [9.17, 15) is 0 Å². The number of para-hydroxylation sites is 1. The van der Waals surface area contributed by atoms with Gasteiger partial charge in [-0.05, 0) is 116 Å². The molecule has 5 heteroatoms. The second-order valence-electron chi connectivity index (χ2n) is 16.4. The van der Waals surface area contributed by atoms with E-state index in [1.165, 1.54) is 27.9 Å². The standard InChI is InChI=1S/C59H37N3O2/c1-2-16-45(17-3-1)62(48-27-24-39-12-5-7-14-42(39)32-48)54-36-57-58(51-20-9-8-19-50(51)54)52-29-28-49(35-56(52)64-57)61(47-26-23-38-11-4-6-13-41(38)31-47)46-18-10-15-43(33-46)44-22-21-40-25-30-55-59(53(40)34-44)60-37-63-55/h1-37H. The SMILES string of the molecule is c1ccc(N(c2ccc3ccccc3c2)c2cc3oc4cc(N(c5cccc(-c6ccc7ccc8ocnc8c7c6)c5)c5ccc6ccccc6c5)ccc4c3c3ccccc23)cc1. The van der Waals surface area contributed by atoms with E-state index in [0.29, 0.717) is 0 Å². The lowest BCUT2D eigenvalue weighted by Crippen LogP contribution is -2.10. The summed E-state index contributed by atoms with van der Waals surface area (Å²) in [5.74, 6) is 0. The fourth-order valence-corrected chi connectivity index (χ4v) is 9.67. The molecule has 2 aromatic heterocycles. The zero-order valence-corrected chi connectivity index (χ0v) is 34.5. The third kappa shape index (κ3) is 5.90. The molecule has 13 aromatic rings. The number of benzene rings is 11. The number of hydrogen-bond acceptors (Lipinski definition) is 5. The Balaban J connectivity index is 0.990. The van der Waals surface area contributed by atoms with E-state index in [0.717, 1.165) is 99.8 Å². The van der Waals surface area contributed by atoms with Crippen molar-refractivity contribution in [2.24, 2.45) is 0 Å². The number of nitrogens with zero attached hydrogens (tertiary/aromatic N) is 3. The molecule has 64 heavy (non-hydrogen) atoms. The predicted octanol–water partition coefficient (Wildman–Crippen LogP) is 16.9. The third-order valence-electron chi connectivity index (χ3n) is 12.7. The largest absolute Gasteiger partial charge is 0.456 e. The summed E-state index contributed by atoms with van der Waals surface area (Å²) in [7, 11) is 0. The van der Waals surface area contributed by atoms with Gasteiger partial charge in [-0.25, -0.2) is 4.98 Å². The summed E-state index contributed by atoms with van der Waals surface area (Å²) in [6, 6.07) is 78.0. The van der Waals surface area contributed by atoms with Crippen molar-refractivity contribution in [3.63, 3.8) is 0 Å². The number of oxazole rings is 1. The first-order valence-corrected chi connectivity index (χ1v) is 21.6. The highest BCUT2D eigenvalue weighted by Gasteiger charge is 2.22. The van der Waals surface area contributed by atoms with Crippen molar-refractivity contribution in [1.82, 2.24) is 4.98 Å². The van der Waals surface area contributed by atoms with Gasteiger partial charge in [0.2, 0.25) is 0 Å². The molecule has 0 aliphatic heterocycles. The maximum absolute atomic E-state index is 7.02. The van der Waals surface area contributed by atoms with Crippen molar-refractivity contribution in [3.8, 4) is 11.1 Å². The Hall–Kier alpha value is -8.67. The minimum Gasteiger partial charge on any atom is -0.456 e. The second-order valence-corrected chi connectivity index (χ2v) is 16.4. The van der Waals surface area contributed by atoms with E-state index in [4.69, 9.17) is 8.83 Å². The monoisotopic (exact) mass is 819 g/mol. The molecule has 0 N–H and O–H groups in total. The van der Waals surface area contributed by atoms with E-state index in [2.05, 4.69) is 227 Å². The van der Waals surface area contributed by atoms with Crippen LogP contribution in [0.4, 0.5) is 34.1 Å². The Kier molecular flexibility index (Phi) is 8.15. The van der Waals surface area contributed by atoms with E-state index >= 15 is 0 Å². The van der Waals surface area contributed by atoms with Crippen molar-refractivity contribution < 1.29 is 8.83 Å². The van der Waals surface area contributed by atoms with Crippen LogP contribution in [0.1, 0.15) is 0 Å². The number of fused-ring (bicyclic) bond motifs is 10. The Morgan fingerprint density at radius 1 is 0.328 bits per heavy atom. The van der Waals surface area contributed by atoms with Gasteiger partial charge in [0, 0.05) is 62.1 Å². The summed E-state index contributed by atoms with van der Waals surface area (Å²) in [4.78, 5) is 9.24. The molecule has 0 atom stereocenters. The minimum atomic E-state index is 0.782. The van der Waals surface area contributed by atoms with Gasteiger partial charge in [0.05, 0.1) is 5.69 Å².